The van der Waals surface area contributed by atoms with Crippen LogP contribution in [0.2, 0.25) is 0 Å². The zero-order valence-electron chi connectivity index (χ0n) is 27.1. The van der Waals surface area contributed by atoms with Crippen LogP contribution >= 0.6 is 0 Å². The highest BCUT2D eigenvalue weighted by molar-refractivity contribution is 6.14. The minimum absolute atomic E-state index is 0.706. The van der Waals surface area contributed by atoms with E-state index in [-0.39, 0.29) is 0 Å². The Morgan fingerprint density at radius 3 is 1.66 bits per heavy atom. The van der Waals surface area contributed by atoms with E-state index in [0.717, 1.165) is 55.7 Å². The van der Waals surface area contributed by atoms with Crippen LogP contribution < -0.4 is 0 Å². The molecule has 0 atom stereocenters. The van der Waals surface area contributed by atoms with Crippen molar-refractivity contribution in [3.63, 3.8) is 0 Å². The van der Waals surface area contributed by atoms with E-state index in [1.165, 1.54) is 27.4 Å². The van der Waals surface area contributed by atoms with E-state index in [1.54, 1.807) is 0 Å². The minimum atomic E-state index is 0.706. The number of nitrogens with zero attached hydrogens (tertiary/aromatic N) is 4. The standard InChI is InChI=1S/C46H30N4/c1-4-15-31(16-5-1)44-43-38-24-11-13-26-41(38)50(46(43)48-45(47-44)32-17-6-2-7-18-32)36-22-14-19-33(29-36)34-27-28-42-39(30-34)37-23-10-12-25-40(37)49(42)35-20-8-3-9-21-35/h1-30H. The van der Waals surface area contributed by atoms with Gasteiger partial charge < -0.3 is 4.57 Å². The lowest BCUT2D eigenvalue weighted by atomic mass is 10.0. The second-order valence-corrected chi connectivity index (χ2v) is 12.6. The fourth-order valence-electron chi connectivity index (χ4n) is 7.47. The van der Waals surface area contributed by atoms with E-state index in [0.29, 0.717) is 5.82 Å². The first kappa shape index (κ1) is 28.3. The first-order chi connectivity index (χ1) is 24.8. The van der Waals surface area contributed by atoms with Crippen molar-refractivity contribution in [2.24, 2.45) is 0 Å². The first-order valence-electron chi connectivity index (χ1n) is 16.9. The predicted octanol–water partition coefficient (Wildman–Crippen LogP) is 11.7. The van der Waals surface area contributed by atoms with Crippen LogP contribution in [-0.2, 0) is 0 Å². The van der Waals surface area contributed by atoms with Crippen LogP contribution in [0, 0.1) is 0 Å². The van der Waals surface area contributed by atoms with E-state index in [2.05, 4.69) is 167 Å². The number of fused-ring (bicyclic) bond motifs is 6. The van der Waals surface area contributed by atoms with Crippen molar-refractivity contribution in [2.75, 3.05) is 0 Å². The fraction of sp³-hybridized carbons (Fsp3) is 0. The largest absolute Gasteiger partial charge is 0.309 e. The van der Waals surface area contributed by atoms with Crippen LogP contribution in [0.3, 0.4) is 0 Å². The minimum Gasteiger partial charge on any atom is -0.309 e. The molecule has 0 saturated heterocycles. The van der Waals surface area contributed by atoms with Gasteiger partial charge in [-0.05, 0) is 59.7 Å². The normalized spacial score (nSPS) is 11.6. The first-order valence-corrected chi connectivity index (χ1v) is 16.9. The van der Waals surface area contributed by atoms with Crippen LogP contribution in [0.5, 0.6) is 0 Å². The van der Waals surface area contributed by atoms with E-state index in [4.69, 9.17) is 9.97 Å². The number of hydrogen-bond donors (Lipinski definition) is 0. The summed E-state index contributed by atoms with van der Waals surface area (Å²) in [5, 5.41) is 4.65. The summed E-state index contributed by atoms with van der Waals surface area (Å²) in [4.78, 5) is 10.5. The number of hydrogen-bond acceptors (Lipinski definition) is 2. The maximum atomic E-state index is 5.30. The smallest absolute Gasteiger partial charge is 0.162 e. The molecule has 3 aromatic heterocycles. The summed E-state index contributed by atoms with van der Waals surface area (Å²) in [6.07, 6.45) is 0. The molecule has 0 N–H and O–H groups in total. The monoisotopic (exact) mass is 638 g/mol. The Balaban J connectivity index is 1.20. The lowest BCUT2D eigenvalue weighted by Crippen LogP contribution is -1.99. The van der Waals surface area contributed by atoms with Gasteiger partial charge in [0.2, 0.25) is 0 Å². The third-order valence-corrected chi connectivity index (χ3v) is 9.72. The van der Waals surface area contributed by atoms with Crippen LogP contribution in [0.4, 0.5) is 0 Å². The summed E-state index contributed by atoms with van der Waals surface area (Å²) in [6, 6.07) is 64.2. The van der Waals surface area contributed by atoms with Gasteiger partial charge in [-0.1, -0.05) is 133 Å². The number of para-hydroxylation sites is 3. The van der Waals surface area contributed by atoms with Crippen molar-refractivity contribution in [3.05, 3.63) is 182 Å². The highest BCUT2D eigenvalue weighted by atomic mass is 15.1. The average Bonchev–Trinajstić information content (AvgIpc) is 3.71. The Labute approximate surface area is 289 Å². The molecule has 0 fully saturated rings. The summed E-state index contributed by atoms with van der Waals surface area (Å²) >= 11 is 0. The van der Waals surface area contributed by atoms with Crippen molar-refractivity contribution < 1.29 is 0 Å². The van der Waals surface area contributed by atoms with Crippen LogP contribution in [0.1, 0.15) is 0 Å². The second-order valence-electron chi connectivity index (χ2n) is 12.6. The summed E-state index contributed by atoms with van der Waals surface area (Å²) in [5.74, 6) is 0.706. The second kappa shape index (κ2) is 11.4. The molecule has 0 radical (unpaired) electrons. The van der Waals surface area contributed by atoms with Crippen molar-refractivity contribution in [3.8, 4) is 45.1 Å². The summed E-state index contributed by atoms with van der Waals surface area (Å²) in [6.45, 7) is 0. The molecule has 234 valence electrons. The Morgan fingerprint density at radius 1 is 0.340 bits per heavy atom. The average molecular weight is 639 g/mol. The molecule has 10 rings (SSSR count). The van der Waals surface area contributed by atoms with Gasteiger partial charge in [-0.2, -0.15) is 0 Å². The lowest BCUT2D eigenvalue weighted by Gasteiger charge is -2.12. The molecule has 0 aliphatic heterocycles. The summed E-state index contributed by atoms with van der Waals surface area (Å²) < 4.78 is 4.66. The molecule has 10 aromatic rings. The van der Waals surface area contributed by atoms with Crippen LogP contribution in [-0.4, -0.2) is 19.1 Å². The molecular formula is C46H30N4. The SMILES string of the molecule is c1ccc(-c2nc(-c3ccccc3)c3c4ccccc4n(-c4cccc(-c5ccc6c(c5)c5ccccc5n6-c5ccccc5)c4)c3n2)cc1. The molecule has 0 aliphatic rings. The molecule has 0 aliphatic carbocycles. The summed E-state index contributed by atoms with van der Waals surface area (Å²) in [7, 11) is 0. The molecule has 4 heteroatoms. The van der Waals surface area contributed by atoms with Gasteiger partial charge in [-0.3, -0.25) is 4.57 Å². The third kappa shape index (κ3) is 4.46. The predicted molar refractivity (Wildman–Crippen MR) is 207 cm³/mol. The molecular weight excluding hydrogens is 609 g/mol. The quantitative estimate of drug-likeness (QED) is 0.188. The number of rotatable bonds is 5. The zero-order valence-corrected chi connectivity index (χ0v) is 27.1. The van der Waals surface area contributed by atoms with E-state index < -0.39 is 0 Å². The van der Waals surface area contributed by atoms with Crippen molar-refractivity contribution in [2.45, 2.75) is 0 Å². The fourth-order valence-corrected chi connectivity index (χ4v) is 7.47. The number of benzene rings is 7. The van der Waals surface area contributed by atoms with Gasteiger partial charge >= 0.3 is 0 Å². The van der Waals surface area contributed by atoms with Gasteiger partial charge in [-0.25, -0.2) is 9.97 Å². The van der Waals surface area contributed by atoms with E-state index in [9.17, 15) is 0 Å². The van der Waals surface area contributed by atoms with Gasteiger partial charge in [0.1, 0.15) is 5.65 Å². The maximum absolute atomic E-state index is 5.30. The molecule has 0 bridgehead atoms. The van der Waals surface area contributed by atoms with Crippen molar-refractivity contribution in [1.29, 1.82) is 0 Å². The molecule has 0 saturated carbocycles. The molecule has 0 spiro atoms. The van der Waals surface area contributed by atoms with Gasteiger partial charge in [0, 0.05) is 38.7 Å². The molecule has 4 nitrogen and oxygen atoms in total. The van der Waals surface area contributed by atoms with E-state index >= 15 is 0 Å². The molecule has 0 amide bonds. The van der Waals surface area contributed by atoms with Gasteiger partial charge in [-0.15, -0.1) is 0 Å². The molecule has 50 heavy (non-hydrogen) atoms. The van der Waals surface area contributed by atoms with Gasteiger partial charge in [0.25, 0.3) is 0 Å². The molecule has 3 heterocycles. The maximum Gasteiger partial charge on any atom is 0.162 e. The zero-order chi connectivity index (χ0) is 33.0. The van der Waals surface area contributed by atoms with E-state index in [1.807, 2.05) is 24.3 Å². The highest BCUT2D eigenvalue weighted by Crippen LogP contribution is 2.39. The molecule has 0 unspecified atom stereocenters. The Bertz CT molecular complexity index is 2850. The van der Waals surface area contributed by atoms with Gasteiger partial charge in [0.15, 0.2) is 5.82 Å². The Morgan fingerprint density at radius 2 is 0.900 bits per heavy atom. The highest BCUT2D eigenvalue weighted by Gasteiger charge is 2.21. The Hall–Kier alpha value is -6.78. The third-order valence-electron chi connectivity index (χ3n) is 9.72. The molecule has 7 aromatic carbocycles. The summed E-state index contributed by atoms with van der Waals surface area (Å²) in [5.41, 5.74) is 11.9. The van der Waals surface area contributed by atoms with Gasteiger partial charge in [0.05, 0.1) is 27.6 Å². The number of aromatic nitrogens is 4. The lowest BCUT2D eigenvalue weighted by molar-refractivity contribution is 1.11. The van der Waals surface area contributed by atoms with Crippen LogP contribution in [0.15, 0.2) is 182 Å². The topological polar surface area (TPSA) is 35.6 Å². The van der Waals surface area contributed by atoms with Crippen LogP contribution in [0.25, 0.3) is 88.9 Å². The van der Waals surface area contributed by atoms with Crippen molar-refractivity contribution in [1.82, 2.24) is 19.1 Å². The Kier molecular flexibility index (Phi) is 6.46. The van der Waals surface area contributed by atoms with Crippen molar-refractivity contribution >= 4 is 43.7 Å².